The number of nitrogens with zero attached hydrogens (tertiary/aromatic N) is 2. The highest BCUT2D eigenvalue weighted by molar-refractivity contribution is 5.92. The van der Waals surface area contributed by atoms with Crippen LogP contribution in [0.5, 0.6) is 5.75 Å². The summed E-state index contributed by atoms with van der Waals surface area (Å²) >= 11 is 0. The lowest BCUT2D eigenvalue weighted by atomic mass is 10.1. The van der Waals surface area contributed by atoms with Crippen molar-refractivity contribution < 1.29 is 19.2 Å². The van der Waals surface area contributed by atoms with Gasteiger partial charge in [-0.05, 0) is 30.3 Å². The molecule has 0 saturated heterocycles. The Morgan fingerprint density at radius 2 is 1.77 bits per heavy atom. The Hall–Kier alpha value is -3.74. The third kappa shape index (κ3) is 2.98. The normalized spacial score (nSPS) is 10.3. The summed E-state index contributed by atoms with van der Waals surface area (Å²) in [6.07, 6.45) is 1.26. The van der Waals surface area contributed by atoms with Crippen molar-refractivity contribution in [1.82, 2.24) is 4.57 Å². The summed E-state index contributed by atoms with van der Waals surface area (Å²) < 4.78 is 6.73. The molecule has 1 heterocycles. The molecule has 0 amide bonds. The average molecular weight is 350 g/mol. The summed E-state index contributed by atoms with van der Waals surface area (Å²) in [6.45, 7) is 0. The lowest BCUT2D eigenvalue weighted by Gasteiger charge is -2.13. The van der Waals surface area contributed by atoms with E-state index in [1.54, 1.807) is 42.0 Å². The molecular weight excluding hydrogens is 336 g/mol. The van der Waals surface area contributed by atoms with Gasteiger partial charge in [0, 0.05) is 28.9 Å². The summed E-state index contributed by atoms with van der Waals surface area (Å²) in [5.41, 5.74) is 1.93. The number of rotatable bonds is 6. The molecule has 0 spiro atoms. The first-order valence-electron chi connectivity index (χ1n) is 7.64. The van der Waals surface area contributed by atoms with Crippen molar-refractivity contribution >= 4 is 18.3 Å². The molecule has 3 rings (SSSR count). The van der Waals surface area contributed by atoms with Crippen LogP contribution in [0.25, 0.3) is 16.9 Å². The van der Waals surface area contributed by atoms with Gasteiger partial charge < -0.3 is 9.30 Å². The molecule has 0 bridgehead atoms. The summed E-state index contributed by atoms with van der Waals surface area (Å²) in [4.78, 5) is 33.7. The second kappa shape index (κ2) is 7.02. The highest BCUT2D eigenvalue weighted by Crippen LogP contribution is 2.32. The fraction of sp³-hybridized carbons (Fsp3) is 0.0526. The quantitative estimate of drug-likeness (QED) is 0.384. The number of aromatic nitrogens is 1. The molecule has 0 unspecified atom stereocenters. The summed E-state index contributed by atoms with van der Waals surface area (Å²) in [5.74, 6) is 0.640. The van der Waals surface area contributed by atoms with Crippen molar-refractivity contribution in [3.63, 3.8) is 0 Å². The van der Waals surface area contributed by atoms with E-state index >= 15 is 0 Å². The molecule has 7 nitrogen and oxygen atoms in total. The molecule has 0 aliphatic carbocycles. The number of hydrogen-bond donors (Lipinski definition) is 0. The van der Waals surface area contributed by atoms with Crippen LogP contribution < -0.4 is 4.74 Å². The Morgan fingerprint density at radius 1 is 1.04 bits per heavy atom. The maximum Gasteiger partial charge on any atom is 0.270 e. The molecular formula is C19H14N2O5. The van der Waals surface area contributed by atoms with E-state index in [9.17, 15) is 19.7 Å². The molecule has 26 heavy (non-hydrogen) atoms. The Kier molecular flexibility index (Phi) is 4.62. The van der Waals surface area contributed by atoms with Crippen molar-refractivity contribution in [2.45, 2.75) is 0 Å². The minimum absolute atomic E-state index is 0.102. The monoisotopic (exact) mass is 350 g/mol. The Morgan fingerprint density at radius 3 is 2.35 bits per heavy atom. The fourth-order valence-corrected chi connectivity index (χ4v) is 2.80. The molecule has 7 heteroatoms. The Bertz CT molecular complexity index is 990. The van der Waals surface area contributed by atoms with Gasteiger partial charge in [-0.15, -0.1) is 0 Å². The van der Waals surface area contributed by atoms with E-state index in [0.717, 1.165) is 0 Å². The first-order valence-corrected chi connectivity index (χ1v) is 7.64. The third-order valence-electron chi connectivity index (χ3n) is 3.97. The van der Waals surface area contributed by atoms with Crippen LogP contribution in [0.2, 0.25) is 0 Å². The molecule has 0 fully saturated rings. The molecule has 0 N–H and O–H groups in total. The van der Waals surface area contributed by atoms with Gasteiger partial charge in [-0.2, -0.15) is 0 Å². The predicted octanol–water partition coefficient (Wildman–Crippen LogP) is 3.69. The molecule has 0 atom stereocenters. The van der Waals surface area contributed by atoms with E-state index in [4.69, 9.17) is 4.74 Å². The van der Waals surface area contributed by atoms with Crippen molar-refractivity contribution in [2.24, 2.45) is 0 Å². The topological polar surface area (TPSA) is 91.4 Å². The van der Waals surface area contributed by atoms with Crippen LogP contribution in [-0.4, -0.2) is 29.2 Å². The number of nitro benzene ring substituents is 1. The lowest BCUT2D eigenvalue weighted by Crippen LogP contribution is -2.02. The SMILES string of the molecule is COc1ccc(-n2c(C=O)cc(C=O)c2-c2cccc([N+](=O)[O-])c2)cc1. The van der Waals surface area contributed by atoms with E-state index in [2.05, 4.69) is 0 Å². The number of nitro groups is 1. The molecule has 0 aliphatic heterocycles. The van der Waals surface area contributed by atoms with Crippen molar-refractivity contribution in [3.05, 3.63) is 76.0 Å². The molecule has 0 aliphatic rings. The van der Waals surface area contributed by atoms with Gasteiger partial charge in [0.2, 0.25) is 0 Å². The first kappa shape index (κ1) is 17.1. The number of hydrogen-bond acceptors (Lipinski definition) is 5. The van der Waals surface area contributed by atoms with Gasteiger partial charge in [0.05, 0.1) is 23.4 Å². The van der Waals surface area contributed by atoms with Crippen LogP contribution >= 0.6 is 0 Å². The second-order valence-electron chi connectivity index (χ2n) is 5.45. The maximum atomic E-state index is 11.5. The number of non-ortho nitro benzene ring substituents is 1. The zero-order valence-corrected chi connectivity index (χ0v) is 13.8. The van der Waals surface area contributed by atoms with Gasteiger partial charge >= 0.3 is 0 Å². The zero-order valence-electron chi connectivity index (χ0n) is 13.8. The number of ether oxygens (including phenoxy) is 1. The van der Waals surface area contributed by atoms with Gasteiger partial charge in [-0.3, -0.25) is 19.7 Å². The minimum Gasteiger partial charge on any atom is -0.497 e. The van der Waals surface area contributed by atoms with Crippen molar-refractivity contribution in [1.29, 1.82) is 0 Å². The average Bonchev–Trinajstić information content (AvgIpc) is 3.06. The zero-order chi connectivity index (χ0) is 18.7. The largest absolute Gasteiger partial charge is 0.497 e. The third-order valence-corrected chi connectivity index (χ3v) is 3.97. The van der Waals surface area contributed by atoms with Crippen LogP contribution in [0.1, 0.15) is 20.8 Å². The number of methoxy groups -OCH3 is 1. The first-order chi connectivity index (χ1) is 12.6. The molecule has 0 radical (unpaired) electrons. The van der Waals surface area contributed by atoms with Gasteiger partial charge in [0.15, 0.2) is 12.6 Å². The van der Waals surface area contributed by atoms with E-state index in [1.807, 2.05) is 0 Å². The molecule has 3 aromatic rings. The smallest absolute Gasteiger partial charge is 0.270 e. The maximum absolute atomic E-state index is 11.5. The van der Waals surface area contributed by atoms with Crippen LogP contribution in [0.4, 0.5) is 5.69 Å². The molecule has 2 aromatic carbocycles. The van der Waals surface area contributed by atoms with Crippen LogP contribution in [0, 0.1) is 10.1 Å². The highest BCUT2D eigenvalue weighted by atomic mass is 16.6. The van der Waals surface area contributed by atoms with E-state index < -0.39 is 4.92 Å². The molecule has 0 saturated carbocycles. The molecule has 130 valence electrons. The lowest BCUT2D eigenvalue weighted by molar-refractivity contribution is -0.384. The van der Waals surface area contributed by atoms with Gasteiger partial charge in [-0.1, -0.05) is 12.1 Å². The fourth-order valence-electron chi connectivity index (χ4n) is 2.80. The van der Waals surface area contributed by atoms with E-state index in [1.165, 1.54) is 24.3 Å². The highest BCUT2D eigenvalue weighted by Gasteiger charge is 2.19. The summed E-state index contributed by atoms with van der Waals surface area (Å²) in [7, 11) is 1.54. The second-order valence-corrected chi connectivity index (χ2v) is 5.45. The van der Waals surface area contributed by atoms with Crippen LogP contribution in [0.15, 0.2) is 54.6 Å². The van der Waals surface area contributed by atoms with Gasteiger partial charge in [0.1, 0.15) is 5.75 Å². The van der Waals surface area contributed by atoms with E-state index in [-0.39, 0.29) is 16.9 Å². The van der Waals surface area contributed by atoms with Crippen LogP contribution in [-0.2, 0) is 0 Å². The minimum atomic E-state index is -0.509. The predicted molar refractivity (Wildman–Crippen MR) is 95.2 cm³/mol. The van der Waals surface area contributed by atoms with Crippen LogP contribution in [0.3, 0.4) is 0 Å². The standard InChI is InChI=1S/C19H14N2O5/c1-26-18-7-5-15(6-8-18)20-17(12-23)10-14(11-22)19(20)13-3-2-4-16(9-13)21(24)25/h2-12H,1H3. The van der Waals surface area contributed by atoms with Gasteiger partial charge in [-0.25, -0.2) is 0 Å². The van der Waals surface area contributed by atoms with Crippen molar-refractivity contribution in [3.8, 4) is 22.7 Å². The van der Waals surface area contributed by atoms with E-state index in [0.29, 0.717) is 35.3 Å². The summed E-state index contributed by atoms with van der Waals surface area (Å²) in [5, 5.41) is 11.1. The summed E-state index contributed by atoms with van der Waals surface area (Å²) in [6, 6.07) is 14.3. The van der Waals surface area contributed by atoms with Crippen molar-refractivity contribution in [2.75, 3.05) is 7.11 Å². The molecule has 1 aromatic heterocycles. The number of carbonyl (C=O) groups is 2. The van der Waals surface area contributed by atoms with Gasteiger partial charge in [0.25, 0.3) is 5.69 Å². The number of carbonyl (C=O) groups excluding carboxylic acids is 2. The Labute approximate surface area is 148 Å². The Balaban J connectivity index is 2.28. The number of benzene rings is 2. The number of aldehydes is 2.